The van der Waals surface area contributed by atoms with Crippen LogP contribution >= 0.6 is 0 Å². The van der Waals surface area contributed by atoms with Crippen LogP contribution in [0.2, 0.25) is 0 Å². The van der Waals surface area contributed by atoms with Gasteiger partial charge >= 0.3 is 23.8 Å². The summed E-state index contributed by atoms with van der Waals surface area (Å²) >= 11 is 0. The SMILES string of the molecule is COc1cc(C(=O)O)ccc1N/N=C1\C(=O)c2ccc(NC(=O)C(=O)Nc3ccc4c(c3)C=C(S(=O)(=O)O)/C(=N/Nc3ccc(C(=O)O)cc3OC)C4=O)cc2C=C1S(=O)(=O)O. The fourth-order valence-electron chi connectivity index (χ4n) is 5.88. The summed E-state index contributed by atoms with van der Waals surface area (Å²) in [5, 5.41) is 30.7. The molecule has 0 atom stereocenters. The van der Waals surface area contributed by atoms with E-state index in [1.807, 2.05) is 0 Å². The highest BCUT2D eigenvalue weighted by atomic mass is 32.2. The van der Waals surface area contributed by atoms with Gasteiger partial charge in [0.25, 0.3) is 20.2 Å². The molecule has 24 heteroatoms. The normalized spacial score (nSPS) is 14.8. The minimum absolute atomic E-state index is 0.0230. The number of hydrazone groups is 2. The number of benzene rings is 4. The van der Waals surface area contributed by atoms with Gasteiger partial charge in [0.15, 0.2) is 11.4 Å². The van der Waals surface area contributed by atoms with Crippen LogP contribution in [-0.2, 0) is 29.8 Å². The number of nitrogens with zero attached hydrogens (tertiary/aromatic N) is 2. The van der Waals surface area contributed by atoms with E-state index in [0.717, 1.165) is 36.4 Å². The number of fused-ring (bicyclic) bond motifs is 2. The third kappa shape index (κ3) is 9.06. The van der Waals surface area contributed by atoms with Crippen LogP contribution in [0, 0.1) is 0 Å². The van der Waals surface area contributed by atoms with Crippen LogP contribution in [0.3, 0.4) is 0 Å². The summed E-state index contributed by atoms with van der Waals surface area (Å²) in [6.45, 7) is 0. The summed E-state index contributed by atoms with van der Waals surface area (Å²) in [6.07, 6.45) is 1.77. The molecule has 0 spiro atoms. The lowest BCUT2D eigenvalue weighted by atomic mass is 9.94. The number of methoxy groups -OCH3 is 2. The Morgan fingerprint density at radius 1 is 0.565 bits per heavy atom. The van der Waals surface area contributed by atoms with Gasteiger partial charge in [-0.25, -0.2) is 9.59 Å². The third-order valence-corrected chi connectivity index (χ3v) is 10.5. The number of nitrogens with one attached hydrogen (secondary N) is 4. The van der Waals surface area contributed by atoms with Crippen LogP contribution in [-0.4, -0.2) is 97.1 Å². The number of aromatic carboxylic acids is 2. The first-order chi connectivity index (χ1) is 29.2. The van der Waals surface area contributed by atoms with Crippen LogP contribution in [0.5, 0.6) is 11.5 Å². The van der Waals surface area contributed by atoms with Crippen LogP contribution in [0.15, 0.2) is 92.8 Å². The molecule has 0 aromatic heterocycles. The Kier molecular flexibility index (Phi) is 11.9. The number of Topliss-reactive ketones (excluding diaryl/α,β-unsaturated/α-hetero) is 2. The standard InChI is InChI=1S/C38H28N6O16S2/c1-59-27-13-17(37(49)50)3-9-25(27)41-43-31-29(61(53,54)55)15-19-11-21(5-7-23(19)33(31)45)39-35(47)36(48)40-22-6-8-24-20(12-22)16-30(62(56,57)58)32(34(24)46)44-42-26-10-4-18(38(51)52)14-28(26)60-2/h3-16,41-42H,1-2H3,(H,39,47)(H,40,48)(H,49,50)(H,51,52)(H,53,54,55)(H,56,57,58)/b43-31-,44-32-. The zero-order valence-electron chi connectivity index (χ0n) is 31.5. The molecule has 6 rings (SSSR count). The molecule has 4 aromatic carbocycles. The molecule has 2 amide bonds. The Labute approximate surface area is 348 Å². The lowest BCUT2D eigenvalue weighted by Gasteiger charge is -2.18. The van der Waals surface area contributed by atoms with Crippen molar-refractivity contribution in [3.05, 3.63) is 116 Å². The van der Waals surface area contributed by atoms with Crippen LogP contribution in [0.25, 0.3) is 12.2 Å². The molecule has 0 radical (unpaired) electrons. The van der Waals surface area contributed by atoms with Gasteiger partial charge in [0, 0.05) is 22.5 Å². The molecule has 62 heavy (non-hydrogen) atoms. The van der Waals surface area contributed by atoms with Crippen molar-refractivity contribution in [1.82, 2.24) is 0 Å². The van der Waals surface area contributed by atoms with E-state index in [0.29, 0.717) is 0 Å². The van der Waals surface area contributed by atoms with Gasteiger partial charge in [0.1, 0.15) is 21.3 Å². The lowest BCUT2D eigenvalue weighted by molar-refractivity contribution is -0.132. The quantitative estimate of drug-likeness (QED) is 0.0573. The topological polar surface area (TPSA) is 343 Å². The smallest absolute Gasteiger partial charge is 0.335 e. The van der Waals surface area contributed by atoms with Gasteiger partial charge in [-0.3, -0.25) is 39.1 Å². The maximum absolute atomic E-state index is 13.4. The Bertz CT molecular complexity index is 2830. The molecule has 2 aliphatic rings. The highest BCUT2D eigenvalue weighted by Gasteiger charge is 2.35. The predicted octanol–water partition coefficient (Wildman–Crippen LogP) is 3.46. The Morgan fingerprint density at radius 2 is 0.935 bits per heavy atom. The molecule has 318 valence electrons. The largest absolute Gasteiger partial charge is 0.494 e. The van der Waals surface area contributed by atoms with Crippen molar-refractivity contribution in [2.45, 2.75) is 0 Å². The van der Waals surface area contributed by atoms with Gasteiger partial charge in [-0.1, -0.05) is 0 Å². The first kappa shape index (κ1) is 43.5. The molecule has 22 nitrogen and oxygen atoms in total. The predicted molar refractivity (Wildman–Crippen MR) is 220 cm³/mol. The van der Waals surface area contributed by atoms with Crippen molar-refractivity contribution in [2.75, 3.05) is 35.7 Å². The summed E-state index contributed by atoms with van der Waals surface area (Å²) in [7, 11) is -7.77. The first-order valence-electron chi connectivity index (χ1n) is 17.1. The third-order valence-electron chi connectivity index (χ3n) is 8.81. The maximum Gasteiger partial charge on any atom is 0.335 e. The number of carbonyl (C=O) groups excluding carboxylic acids is 4. The minimum Gasteiger partial charge on any atom is -0.494 e. The van der Waals surface area contributed by atoms with E-state index in [1.54, 1.807) is 0 Å². The number of ketones is 2. The van der Waals surface area contributed by atoms with Gasteiger partial charge in [-0.05, 0) is 96.1 Å². The van der Waals surface area contributed by atoms with Crippen molar-refractivity contribution < 1.29 is 74.4 Å². The van der Waals surface area contributed by atoms with Crippen molar-refractivity contribution in [1.29, 1.82) is 0 Å². The van der Waals surface area contributed by atoms with E-state index in [-0.39, 0.29) is 67.6 Å². The summed E-state index contributed by atoms with van der Waals surface area (Å²) in [6, 6.07) is 14.2. The number of carboxylic acids is 2. The summed E-state index contributed by atoms with van der Waals surface area (Å²) in [5.74, 6) is -7.11. The molecule has 2 aliphatic carbocycles. The molecule has 4 aromatic rings. The van der Waals surface area contributed by atoms with Gasteiger partial charge in [-0.2, -0.15) is 27.0 Å². The highest BCUT2D eigenvalue weighted by Crippen LogP contribution is 2.32. The molecule has 0 fully saturated rings. The molecular formula is C38H28N6O16S2. The van der Waals surface area contributed by atoms with Crippen molar-refractivity contribution in [3.8, 4) is 11.5 Å². The number of carbonyl (C=O) groups is 6. The average Bonchev–Trinajstić information content (AvgIpc) is 3.21. The molecule has 8 N–H and O–H groups in total. The van der Waals surface area contributed by atoms with E-state index in [1.165, 1.54) is 62.8 Å². The van der Waals surface area contributed by atoms with Crippen LogP contribution in [0.1, 0.15) is 52.6 Å². The van der Waals surface area contributed by atoms with Gasteiger partial charge in [0.05, 0.1) is 36.7 Å². The fourth-order valence-corrected chi connectivity index (χ4v) is 7.19. The Morgan fingerprint density at radius 3 is 1.26 bits per heavy atom. The van der Waals surface area contributed by atoms with Crippen molar-refractivity contribution >= 4 is 102 Å². The Balaban J connectivity index is 1.20. The van der Waals surface area contributed by atoms with E-state index < -0.39 is 76.8 Å². The molecular weight excluding hydrogens is 861 g/mol. The number of rotatable bonds is 12. The zero-order valence-corrected chi connectivity index (χ0v) is 33.1. The number of ether oxygens (including phenoxy) is 2. The number of carboxylic acid groups (broad SMARTS) is 2. The zero-order chi connectivity index (χ0) is 45.3. The first-order valence-corrected chi connectivity index (χ1v) is 20.0. The maximum atomic E-state index is 13.4. The molecule has 0 saturated heterocycles. The summed E-state index contributed by atoms with van der Waals surface area (Å²) < 4.78 is 79.7. The van der Waals surface area contributed by atoms with Gasteiger partial charge in [0.2, 0.25) is 11.6 Å². The lowest BCUT2D eigenvalue weighted by Crippen LogP contribution is -2.30. The van der Waals surface area contributed by atoms with E-state index in [2.05, 4.69) is 31.7 Å². The number of allylic oxidation sites excluding steroid dienone is 2. The van der Waals surface area contributed by atoms with E-state index in [4.69, 9.17) is 9.47 Å². The highest BCUT2D eigenvalue weighted by molar-refractivity contribution is 7.91. The molecule has 0 heterocycles. The molecule has 0 aliphatic heterocycles. The molecule has 0 saturated carbocycles. The monoisotopic (exact) mass is 888 g/mol. The van der Waals surface area contributed by atoms with Crippen molar-refractivity contribution in [3.63, 3.8) is 0 Å². The second kappa shape index (κ2) is 16.9. The molecule has 0 bridgehead atoms. The summed E-state index contributed by atoms with van der Waals surface area (Å²) in [5.41, 5.74) is 2.43. The molecule has 0 unspecified atom stereocenters. The second-order valence-corrected chi connectivity index (χ2v) is 15.5. The number of amides is 2. The number of hydrogen-bond acceptors (Lipinski definition) is 16. The fraction of sp³-hybridized carbons (Fsp3) is 0.0526. The Hall–Kier alpha value is -8.06. The van der Waals surface area contributed by atoms with E-state index in [9.17, 15) is 64.9 Å². The number of hydrogen-bond donors (Lipinski definition) is 8. The van der Waals surface area contributed by atoms with E-state index >= 15 is 0 Å². The summed E-state index contributed by atoms with van der Waals surface area (Å²) in [4.78, 5) is 73.6. The van der Waals surface area contributed by atoms with Gasteiger partial charge in [-0.15, -0.1) is 0 Å². The number of anilines is 4. The van der Waals surface area contributed by atoms with Crippen LogP contribution in [0.4, 0.5) is 22.7 Å². The van der Waals surface area contributed by atoms with Crippen molar-refractivity contribution in [2.24, 2.45) is 10.2 Å². The van der Waals surface area contributed by atoms with Crippen LogP contribution < -0.4 is 31.0 Å². The average molecular weight is 889 g/mol. The second-order valence-electron chi connectivity index (χ2n) is 12.7. The van der Waals surface area contributed by atoms with Gasteiger partial charge < -0.3 is 30.3 Å². The minimum atomic E-state index is -5.11.